The number of nitrogens with zero attached hydrogens (tertiary/aromatic N) is 1. The maximum Gasteiger partial charge on any atom is 0.292 e. The number of hydrogen-bond acceptors (Lipinski definition) is 5. The number of anilines is 1. The molecule has 0 aromatic heterocycles. The summed E-state index contributed by atoms with van der Waals surface area (Å²) < 4.78 is 0. The monoisotopic (exact) mass is 335 g/mol. The largest absolute Gasteiger partial charge is 0.394 e. The summed E-state index contributed by atoms with van der Waals surface area (Å²) in [7, 11) is 1.64. The highest BCUT2D eigenvalue weighted by Gasteiger charge is 2.15. The molecule has 23 heavy (non-hydrogen) atoms. The lowest BCUT2D eigenvalue weighted by Crippen LogP contribution is -2.24. The van der Waals surface area contributed by atoms with Crippen molar-refractivity contribution < 1.29 is 10.0 Å². The summed E-state index contributed by atoms with van der Waals surface area (Å²) >= 11 is 5.86. The number of nitro groups is 1. The number of benzene rings is 2. The van der Waals surface area contributed by atoms with E-state index in [9.17, 15) is 15.2 Å². The zero-order chi connectivity index (χ0) is 16.8. The van der Waals surface area contributed by atoms with E-state index in [2.05, 4.69) is 10.6 Å². The van der Waals surface area contributed by atoms with E-state index >= 15 is 0 Å². The number of aliphatic hydroxyl groups excluding tert-OH is 1. The van der Waals surface area contributed by atoms with Gasteiger partial charge in [-0.05, 0) is 29.3 Å². The number of rotatable bonds is 7. The van der Waals surface area contributed by atoms with Crippen molar-refractivity contribution in [1.29, 1.82) is 0 Å². The van der Waals surface area contributed by atoms with E-state index in [1.807, 2.05) is 18.2 Å². The molecular formula is C16H18ClN3O3. The van der Waals surface area contributed by atoms with Gasteiger partial charge in [0, 0.05) is 24.7 Å². The molecule has 2 aromatic rings. The summed E-state index contributed by atoms with van der Waals surface area (Å²) in [5.74, 6) is 0. The predicted octanol–water partition coefficient (Wildman–Crippen LogP) is 3.11. The molecule has 0 aliphatic rings. The molecule has 1 unspecified atom stereocenters. The molecule has 0 fully saturated rings. The Labute approximate surface area is 139 Å². The van der Waals surface area contributed by atoms with Gasteiger partial charge in [0.05, 0.1) is 17.6 Å². The molecule has 3 N–H and O–H groups in total. The smallest absolute Gasteiger partial charge is 0.292 e. The minimum Gasteiger partial charge on any atom is -0.394 e. The van der Waals surface area contributed by atoms with Gasteiger partial charge in [0.25, 0.3) is 5.69 Å². The van der Waals surface area contributed by atoms with Crippen LogP contribution >= 0.6 is 11.6 Å². The molecule has 2 rings (SSSR count). The number of nitrogens with one attached hydrogen (secondary N) is 2. The van der Waals surface area contributed by atoms with Gasteiger partial charge < -0.3 is 15.7 Å². The Kier molecular flexibility index (Phi) is 5.92. The van der Waals surface area contributed by atoms with E-state index in [-0.39, 0.29) is 18.3 Å². The van der Waals surface area contributed by atoms with Gasteiger partial charge in [-0.2, -0.15) is 0 Å². The van der Waals surface area contributed by atoms with E-state index in [1.54, 1.807) is 25.2 Å². The van der Waals surface area contributed by atoms with E-state index in [1.165, 1.54) is 6.07 Å². The van der Waals surface area contributed by atoms with Crippen molar-refractivity contribution in [3.63, 3.8) is 0 Å². The van der Waals surface area contributed by atoms with Crippen molar-refractivity contribution >= 4 is 23.0 Å². The molecule has 0 saturated carbocycles. The third-order valence-electron chi connectivity index (χ3n) is 3.54. The van der Waals surface area contributed by atoms with Gasteiger partial charge in [0.2, 0.25) is 0 Å². The van der Waals surface area contributed by atoms with Crippen LogP contribution in [0.2, 0.25) is 5.02 Å². The Hall–Kier alpha value is -2.15. The van der Waals surface area contributed by atoms with E-state index in [0.29, 0.717) is 17.3 Å². The first-order chi connectivity index (χ1) is 11.0. The van der Waals surface area contributed by atoms with Gasteiger partial charge in [0.15, 0.2) is 0 Å². The SMILES string of the molecule is CNc1ccc(CNC(CO)c2ccc(Cl)cc2)cc1[N+](=O)[O-]. The van der Waals surface area contributed by atoms with Gasteiger partial charge in [0.1, 0.15) is 5.69 Å². The van der Waals surface area contributed by atoms with Crippen molar-refractivity contribution in [2.45, 2.75) is 12.6 Å². The first kappa shape index (κ1) is 17.2. The highest BCUT2D eigenvalue weighted by Crippen LogP contribution is 2.25. The molecule has 2 aromatic carbocycles. The van der Waals surface area contributed by atoms with Crippen LogP contribution in [0.3, 0.4) is 0 Å². The van der Waals surface area contributed by atoms with Gasteiger partial charge in [-0.3, -0.25) is 10.1 Å². The summed E-state index contributed by atoms with van der Waals surface area (Å²) in [5, 5.41) is 27.2. The van der Waals surface area contributed by atoms with Crippen LogP contribution < -0.4 is 10.6 Å². The second-order valence-corrected chi connectivity index (χ2v) is 5.46. The van der Waals surface area contributed by atoms with Crippen molar-refractivity contribution in [1.82, 2.24) is 5.32 Å². The quantitative estimate of drug-likeness (QED) is 0.534. The lowest BCUT2D eigenvalue weighted by atomic mass is 10.1. The van der Waals surface area contributed by atoms with Crippen LogP contribution in [-0.4, -0.2) is 23.7 Å². The highest BCUT2D eigenvalue weighted by molar-refractivity contribution is 6.30. The molecule has 0 spiro atoms. The molecule has 6 nitrogen and oxygen atoms in total. The lowest BCUT2D eigenvalue weighted by Gasteiger charge is -2.17. The maximum atomic E-state index is 11.1. The molecule has 0 radical (unpaired) electrons. The van der Waals surface area contributed by atoms with Crippen LogP contribution in [0.25, 0.3) is 0 Å². The number of hydrogen-bond donors (Lipinski definition) is 3. The molecule has 0 saturated heterocycles. The van der Waals surface area contributed by atoms with Crippen LogP contribution in [0.4, 0.5) is 11.4 Å². The normalized spacial score (nSPS) is 12.0. The molecular weight excluding hydrogens is 318 g/mol. The fourth-order valence-electron chi connectivity index (χ4n) is 2.27. The van der Waals surface area contributed by atoms with Gasteiger partial charge in [-0.15, -0.1) is 0 Å². The fourth-order valence-corrected chi connectivity index (χ4v) is 2.40. The Bertz CT molecular complexity index is 677. The van der Waals surface area contributed by atoms with Crippen LogP contribution in [0, 0.1) is 10.1 Å². The average molecular weight is 336 g/mol. The van der Waals surface area contributed by atoms with Crippen molar-refractivity contribution in [2.75, 3.05) is 19.0 Å². The van der Waals surface area contributed by atoms with Crippen LogP contribution in [0.15, 0.2) is 42.5 Å². The fraction of sp³-hybridized carbons (Fsp3) is 0.250. The van der Waals surface area contributed by atoms with Crippen LogP contribution in [0.5, 0.6) is 0 Å². The third-order valence-corrected chi connectivity index (χ3v) is 3.79. The Morgan fingerprint density at radius 3 is 2.52 bits per heavy atom. The van der Waals surface area contributed by atoms with E-state index in [0.717, 1.165) is 11.1 Å². The summed E-state index contributed by atoms with van der Waals surface area (Å²) in [6, 6.07) is 11.9. The minimum atomic E-state index is -0.419. The molecule has 0 amide bonds. The molecule has 1 atom stereocenters. The molecule has 0 bridgehead atoms. The number of halogens is 1. The second kappa shape index (κ2) is 7.92. The standard InChI is InChI=1S/C16H18ClN3O3/c1-18-14-7-2-11(8-16(14)20(22)23)9-19-15(10-21)12-3-5-13(17)6-4-12/h2-8,15,18-19,21H,9-10H2,1H3. The van der Waals surface area contributed by atoms with Crippen molar-refractivity contribution in [2.24, 2.45) is 0 Å². The molecule has 7 heteroatoms. The van der Waals surface area contributed by atoms with Gasteiger partial charge in [-0.25, -0.2) is 0 Å². The summed E-state index contributed by atoms with van der Waals surface area (Å²) in [4.78, 5) is 10.7. The molecule has 122 valence electrons. The second-order valence-electron chi connectivity index (χ2n) is 5.03. The van der Waals surface area contributed by atoms with Crippen LogP contribution in [0.1, 0.15) is 17.2 Å². The first-order valence-electron chi connectivity index (χ1n) is 7.10. The van der Waals surface area contributed by atoms with Gasteiger partial charge in [-0.1, -0.05) is 29.8 Å². The topological polar surface area (TPSA) is 87.4 Å². The average Bonchev–Trinajstić information content (AvgIpc) is 2.56. The Morgan fingerprint density at radius 2 is 1.96 bits per heavy atom. The van der Waals surface area contributed by atoms with Crippen LogP contribution in [-0.2, 0) is 6.54 Å². The Morgan fingerprint density at radius 1 is 1.26 bits per heavy atom. The predicted molar refractivity (Wildman–Crippen MR) is 90.8 cm³/mol. The van der Waals surface area contributed by atoms with Crippen molar-refractivity contribution in [3.8, 4) is 0 Å². The van der Waals surface area contributed by atoms with E-state index in [4.69, 9.17) is 11.6 Å². The zero-order valence-electron chi connectivity index (χ0n) is 12.6. The summed E-state index contributed by atoms with van der Waals surface area (Å²) in [6.07, 6.45) is 0. The van der Waals surface area contributed by atoms with E-state index < -0.39 is 4.92 Å². The summed E-state index contributed by atoms with van der Waals surface area (Å²) in [6.45, 7) is 0.316. The molecule has 0 aliphatic heterocycles. The highest BCUT2D eigenvalue weighted by atomic mass is 35.5. The van der Waals surface area contributed by atoms with Gasteiger partial charge >= 0.3 is 0 Å². The number of nitro benzene ring substituents is 1. The molecule has 0 heterocycles. The lowest BCUT2D eigenvalue weighted by molar-refractivity contribution is -0.384. The molecule has 0 aliphatic carbocycles. The maximum absolute atomic E-state index is 11.1. The summed E-state index contributed by atoms with van der Waals surface area (Å²) in [5.41, 5.74) is 2.16. The first-order valence-corrected chi connectivity index (χ1v) is 7.47. The zero-order valence-corrected chi connectivity index (χ0v) is 13.4. The third kappa shape index (κ3) is 4.41. The minimum absolute atomic E-state index is 0.0267. The Balaban J connectivity index is 2.11. The van der Waals surface area contributed by atoms with Crippen molar-refractivity contribution in [3.05, 3.63) is 68.7 Å². The number of aliphatic hydroxyl groups is 1.